The Morgan fingerprint density at radius 3 is 2.39 bits per heavy atom. The van der Waals surface area contributed by atoms with Crippen LogP contribution in [-0.4, -0.2) is 38.7 Å². The van der Waals surface area contributed by atoms with Crippen molar-refractivity contribution in [1.29, 1.82) is 0 Å². The van der Waals surface area contributed by atoms with Crippen molar-refractivity contribution in [3.8, 4) is 5.75 Å². The van der Waals surface area contributed by atoms with E-state index in [0.717, 1.165) is 7.23 Å². The standard InChI is InChI=1S/C12H13Cl3O2Te/c1-12(2,16)9(6-13)18-8-5-4-7(17-3)10(14)11(8)15/h4-6,16H,1-3H3/b9-6+. The van der Waals surface area contributed by atoms with Gasteiger partial charge in [-0.05, 0) is 0 Å². The Balaban J connectivity index is 3.10. The predicted octanol–water partition coefficient (Wildman–Crippen LogP) is 3.18. The first kappa shape index (κ1) is 16.4. The van der Waals surface area contributed by atoms with Crippen LogP contribution >= 0.6 is 34.8 Å². The molecule has 0 saturated heterocycles. The maximum atomic E-state index is 9.98. The summed E-state index contributed by atoms with van der Waals surface area (Å²) in [6.45, 7) is 3.40. The molecule has 0 amide bonds. The second-order valence-corrected chi connectivity index (χ2v) is 8.10. The van der Waals surface area contributed by atoms with Crippen LogP contribution in [0.15, 0.2) is 21.3 Å². The van der Waals surface area contributed by atoms with Gasteiger partial charge in [-0.25, -0.2) is 0 Å². The third-order valence-electron chi connectivity index (χ3n) is 2.15. The summed E-state index contributed by atoms with van der Waals surface area (Å²) in [6.07, 6.45) is 0. The molecule has 1 aromatic rings. The van der Waals surface area contributed by atoms with E-state index in [4.69, 9.17) is 39.5 Å². The Bertz CT molecular complexity index is 467. The molecule has 0 heterocycles. The number of hydrogen-bond donors (Lipinski definition) is 1. The third kappa shape index (κ3) is 3.93. The molecule has 0 aliphatic heterocycles. The fourth-order valence-corrected chi connectivity index (χ4v) is 5.00. The van der Waals surface area contributed by atoms with Crippen molar-refractivity contribution < 1.29 is 9.84 Å². The van der Waals surface area contributed by atoms with E-state index in [-0.39, 0.29) is 0 Å². The second-order valence-electron chi connectivity index (χ2n) is 4.03. The predicted molar refractivity (Wildman–Crippen MR) is 78.6 cm³/mol. The number of rotatable bonds is 4. The molecule has 1 aromatic carbocycles. The fourth-order valence-electron chi connectivity index (χ4n) is 1.15. The van der Waals surface area contributed by atoms with Crippen LogP contribution in [0.5, 0.6) is 5.75 Å². The second kappa shape index (κ2) is 6.70. The van der Waals surface area contributed by atoms with Gasteiger partial charge in [0.1, 0.15) is 0 Å². The molecule has 0 spiro atoms. The molecule has 0 aliphatic rings. The van der Waals surface area contributed by atoms with Gasteiger partial charge in [-0.2, -0.15) is 0 Å². The number of hydrogen-bond acceptors (Lipinski definition) is 2. The van der Waals surface area contributed by atoms with Gasteiger partial charge in [0.2, 0.25) is 0 Å². The van der Waals surface area contributed by atoms with E-state index in [1.807, 2.05) is 6.07 Å². The normalized spacial score (nSPS) is 12.7. The van der Waals surface area contributed by atoms with E-state index in [0.29, 0.717) is 15.8 Å². The van der Waals surface area contributed by atoms with Crippen LogP contribution in [0.2, 0.25) is 10.0 Å². The van der Waals surface area contributed by atoms with Gasteiger partial charge in [-0.1, -0.05) is 0 Å². The third-order valence-corrected chi connectivity index (χ3v) is 7.98. The summed E-state index contributed by atoms with van der Waals surface area (Å²) < 4.78 is 6.80. The zero-order chi connectivity index (χ0) is 13.9. The Hall–Kier alpha value is 0.380. The van der Waals surface area contributed by atoms with Gasteiger partial charge >= 0.3 is 133 Å². The van der Waals surface area contributed by atoms with E-state index < -0.39 is 26.5 Å². The summed E-state index contributed by atoms with van der Waals surface area (Å²) >= 11 is 17.2. The minimum absolute atomic E-state index is 0.395. The van der Waals surface area contributed by atoms with Crippen molar-refractivity contribution in [2.24, 2.45) is 0 Å². The quantitative estimate of drug-likeness (QED) is 0.755. The molecule has 1 rings (SSSR count). The molecule has 1 N–H and O–H groups in total. The number of benzene rings is 1. The zero-order valence-electron chi connectivity index (χ0n) is 10.1. The van der Waals surface area contributed by atoms with Crippen molar-refractivity contribution in [3.63, 3.8) is 0 Å². The van der Waals surface area contributed by atoms with Crippen LogP contribution in [0.25, 0.3) is 0 Å². The van der Waals surface area contributed by atoms with Crippen LogP contribution in [-0.2, 0) is 0 Å². The van der Waals surface area contributed by atoms with Gasteiger partial charge in [-0.3, -0.25) is 0 Å². The van der Waals surface area contributed by atoms with Crippen molar-refractivity contribution in [2.45, 2.75) is 19.4 Å². The van der Waals surface area contributed by atoms with E-state index in [1.54, 1.807) is 19.9 Å². The summed E-state index contributed by atoms with van der Waals surface area (Å²) in [4.78, 5) is 0. The van der Waals surface area contributed by atoms with Gasteiger partial charge in [0, 0.05) is 0 Å². The number of halogens is 3. The van der Waals surface area contributed by atoms with Crippen molar-refractivity contribution in [3.05, 3.63) is 31.3 Å². The van der Waals surface area contributed by atoms with Crippen LogP contribution in [0.3, 0.4) is 0 Å². The van der Waals surface area contributed by atoms with Crippen molar-refractivity contribution in [2.75, 3.05) is 7.11 Å². The van der Waals surface area contributed by atoms with E-state index in [2.05, 4.69) is 0 Å². The Kier molecular flexibility index (Phi) is 6.12. The van der Waals surface area contributed by atoms with Gasteiger partial charge in [0.25, 0.3) is 0 Å². The molecule has 0 radical (unpaired) electrons. The molecule has 6 heteroatoms. The van der Waals surface area contributed by atoms with Crippen LogP contribution in [0.1, 0.15) is 13.8 Å². The van der Waals surface area contributed by atoms with E-state index in [9.17, 15) is 5.11 Å². The molecule has 0 aromatic heterocycles. The Morgan fingerprint density at radius 2 is 1.94 bits per heavy atom. The monoisotopic (exact) mass is 424 g/mol. The summed E-state index contributed by atoms with van der Waals surface area (Å²) in [5, 5.41) is 10.8. The van der Waals surface area contributed by atoms with Gasteiger partial charge in [0.05, 0.1) is 0 Å². The summed E-state index contributed by atoms with van der Waals surface area (Å²) in [5.41, 5.74) is 0.483. The summed E-state index contributed by atoms with van der Waals surface area (Å²) in [7, 11) is 1.54. The molecule has 0 saturated carbocycles. The van der Waals surface area contributed by atoms with Crippen LogP contribution in [0, 0.1) is 0 Å². The molecular weight excluding hydrogens is 410 g/mol. The zero-order valence-corrected chi connectivity index (χ0v) is 14.7. The fraction of sp³-hybridized carbons (Fsp3) is 0.333. The van der Waals surface area contributed by atoms with Gasteiger partial charge < -0.3 is 0 Å². The van der Waals surface area contributed by atoms with Gasteiger partial charge in [-0.15, -0.1) is 0 Å². The van der Waals surface area contributed by atoms with Crippen LogP contribution < -0.4 is 8.35 Å². The molecule has 2 nitrogen and oxygen atoms in total. The molecule has 0 unspecified atom stereocenters. The first-order valence-electron chi connectivity index (χ1n) is 5.04. The molecule has 0 bridgehead atoms. The first-order chi connectivity index (χ1) is 8.31. The first-order valence-corrected chi connectivity index (χ1v) is 8.56. The average Bonchev–Trinajstić information content (AvgIpc) is 2.29. The molecule has 0 aliphatic carbocycles. The summed E-state index contributed by atoms with van der Waals surface area (Å²) in [5.74, 6) is 0.539. The molecule has 18 heavy (non-hydrogen) atoms. The number of methoxy groups -OCH3 is 1. The maximum absolute atomic E-state index is 9.98. The minimum atomic E-state index is -0.945. The number of ether oxygens (including phenoxy) is 1. The topological polar surface area (TPSA) is 29.5 Å². The molecule has 0 fully saturated rings. The van der Waals surface area contributed by atoms with Crippen LogP contribution in [0.4, 0.5) is 0 Å². The Labute approximate surface area is 132 Å². The van der Waals surface area contributed by atoms with E-state index >= 15 is 0 Å². The molecule has 100 valence electrons. The average molecular weight is 423 g/mol. The van der Waals surface area contributed by atoms with Crippen molar-refractivity contribution in [1.82, 2.24) is 0 Å². The Morgan fingerprint density at radius 1 is 1.33 bits per heavy atom. The summed E-state index contributed by atoms with van der Waals surface area (Å²) in [6, 6.07) is 3.63. The van der Waals surface area contributed by atoms with E-state index in [1.165, 1.54) is 12.6 Å². The van der Waals surface area contributed by atoms with Crippen molar-refractivity contribution >= 4 is 59.3 Å². The molecular formula is C12H13Cl3O2Te. The molecule has 0 atom stereocenters. The number of aliphatic hydroxyl groups is 1. The SMILES string of the molecule is COc1ccc([Te]/C(=C/Cl)C(C)(C)O)c(Cl)c1Cl. The van der Waals surface area contributed by atoms with Gasteiger partial charge in [0.15, 0.2) is 0 Å².